The molecule has 0 atom stereocenters. The third-order valence-corrected chi connectivity index (χ3v) is 2.82. The number of aromatic nitrogens is 1. The number of hydrogen-bond acceptors (Lipinski definition) is 4. The van der Waals surface area contributed by atoms with Crippen molar-refractivity contribution in [1.82, 2.24) is 9.88 Å². The highest BCUT2D eigenvalue weighted by atomic mass is 32.1. The molecule has 2 N–H and O–H groups in total. The standard InChI is InChI=1S/C10H13N3S/c1-13(2)6-7-3-4-8-9(5-7)14-10(11)12-8/h3-5H,6H2,1-2H3,(H2,11,12). The van der Waals surface area contributed by atoms with Gasteiger partial charge in [0.05, 0.1) is 10.2 Å². The van der Waals surface area contributed by atoms with Gasteiger partial charge >= 0.3 is 0 Å². The fraction of sp³-hybridized carbons (Fsp3) is 0.300. The van der Waals surface area contributed by atoms with E-state index >= 15 is 0 Å². The first kappa shape index (κ1) is 9.43. The van der Waals surface area contributed by atoms with Crippen LogP contribution in [-0.4, -0.2) is 24.0 Å². The van der Waals surface area contributed by atoms with Crippen LogP contribution in [0.2, 0.25) is 0 Å². The Bertz CT molecular complexity index is 448. The summed E-state index contributed by atoms with van der Waals surface area (Å²) < 4.78 is 1.17. The molecule has 0 bridgehead atoms. The van der Waals surface area contributed by atoms with Crippen molar-refractivity contribution in [2.45, 2.75) is 6.54 Å². The maximum atomic E-state index is 5.64. The average Bonchev–Trinajstić information content (AvgIpc) is 2.42. The van der Waals surface area contributed by atoms with Crippen LogP contribution in [0.15, 0.2) is 18.2 Å². The van der Waals surface area contributed by atoms with Crippen LogP contribution < -0.4 is 5.73 Å². The predicted molar refractivity (Wildman–Crippen MR) is 61.4 cm³/mol. The normalized spacial score (nSPS) is 11.4. The van der Waals surface area contributed by atoms with Gasteiger partial charge in [-0.25, -0.2) is 4.98 Å². The SMILES string of the molecule is CN(C)Cc1ccc2nc(N)sc2c1. The zero-order chi connectivity index (χ0) is 10.1. The maximum Gasteiger partial charge on any atom is 0.181 e. The number of nitrogen functional groups attached to an aromatic ring is 1. The smallest absolute Gasteiger partial charge is 0.181 e. The van der Waals surface area contributed by atoms with E-state index in [4.69, 9.17) is 5.73 Å². The van der Waals surface area contributed by atoms with Gasteiger partial charge < -0.3 is 10.6 Å². The van der Waals surface area contributed by atoms with Crippen molar-refractivity contribution < 1.29 is 0 Å². The Morgan fingerprint density at radius 2 is 2.21 bits per heavy atom. The van der Waals surface area contributed by atoms with Gasteiger partial charge in [-0.3, -0.25) is 0 Å². The zero-order valence-electron chi connectivity index (χ0n) is 8.32. The third kappa shape index (κ3) is 1.86. The van der Waals surface area contributed by atoms with E-state index in [1.807, 2.05) is 6.07 Å². The summed E-state index contributed by atoms with van der Waals surface area (Å²) in [5.74, 6) is 0. The molecule has 0 saturated carbocycles. The van der Waals surface area contributed by atoms with Gasteiger partial charge in [0.2, 0.25) is 0 Å². The van der Waals surface area contributed by atoms with E-state index < -0.39 is 0 Å². The largest absolute Gasteiger partial charge is 0.375 e. The van der Waals surface area contributed by atoms with Gasteiger partial charge in [-0.05, 0) is 31.8 Å². The summed E-state index contributed by atoms with van der Waals surface area (Å²) in [5.41, 5.74) is 7.93. The lowest BCUT2D eigenvalue weighted by molar-refractivity contribution is 0.403. The molecule has 0 aliphatic carbocycles. The molecule has 0 unspecified atom stereocenters. The van der Waals surface area contributed by atoms with E-state index in [1.165, 1.54) is 10.3 Å². The van der Waals surface area contributed by atoms with E-state index in [2.05, 4.69) is 36.1 Å². The van der Waals surface area contributed by atoms with Gasteiger partial charge in [0.15, 0.2) is 5.13 Å². The quantitative estimate of drug-likeness (QED) is 0.818. The summed E-state index contributed by atoms with van der Waals surface area (Å²) in [5, 5.41) is 0.641. The fourth-order valence-corrected chi connectivity index (χ4v) is 2.25. The molecule has 0 saturated heterocycles. The number of benzene rings is 1. The maximum absolute atomic E-state index is 5.64. The van der Waals surface area contributed by atoms with Crippen molar-refractivity contribution in [3.63, 3.8) is 0 Å². The van der Waals surface area contributed by atoms with Crippen molar-refractivity contribution in [3.05, 3.63) is 23.8 Å². The molecule has 0 spiro atoms. The van der Waals surface area contributed by atoms with Gasteiger partial charge in [-0.15, -0.1) is 0 Å². The first-order valence-corrected chi connectivity index (χ1v) is 5.26. The lowest BCUT2D eigenvalue weighted by atomic mass is 10.2. The van der Waals surface area contributed by atoms with Gasteiger partial charge in [0, 0.05) is 6.54 Å². The van der Waals surface area contributed by atoms with Crippen molar-refractivity contribution in [1.29, 1.82) is 0 Å². The van der Waals surface area contributed by atoms with Crippen LogP contribution in [0.1, 0.15) is 5.56 Å². The van der Waals surface area contributed by atoms with E-state index in [9.17, 15) is 0 Å². The minimum Gasteiger partial charge on any atom is -0.375 e. The molecule has 4 heteroatoms. The van der Waals surface area contributed by atoms with Crippen molar-refractivity contribution in [2.75, 3.05) is 19.8 Å². The molecule has 0 amide bonds. The van der Waals surface area contributed by atoms with E-state index in [-0.39, 0.29) is 0 Å². The number of thiazole rings is 1. The number of anilines is 1. The Balaban J connectivity index is 2.40. The van der Waals surface area contributed by atoms with E-state index in [1.54, 1.807) is 11.3 Å². The first-order chi connectivity index (χ1) is 6.65. The molecule has 1 heterocycles. The minimum absolute atomic E-state index is 0.641. The Morgan fingerprint density at radius 1 is 1.43 bits per heavy atom. The van der Waals surface area contributed by atoms with Crippen LogP contribution in [-0.2, 0) is 6.54 Å². The summed E-state index contributed by atoms with van der Waals surface area (Å²) >= 11 is 1.54. The van der Waals surface area contributed by atoms with E-state index in [0.717, 1.165) is 12.1 Å². The molecule has 0 radical (unpaired) electrons. The summed E-state index contributed by atoms with van der Waals surface area (Å²) in [7, 11) is 4.12. The molecular formula is C10H13N3S. The number of nitrogens with two attached hydrogens (primary N) is 1. The highest BCUT2D eigenvalue weighted by Crippen LogP contribution is 2.24. The summed E-state index contributed by atoms with van der Waals surface area (Å²) in [6, 6.07) is 6.28. The molecule has 74 valence electrons. The Labute approximate surface area is 87.2 Å². The van der Waals surface area contributed by atoms with Crippen molar-refractivity contribution >= 4 is 26.7 Å². The fourth-order valence-electron chi connectivity index (χ4n) is 1.45. The second-order valence-corrected chi connectivity index (χ2v) is 4.65. The van der Waals surface area contributed by atoms with Crippen LogP contribution in [0.3, 0.4) is 0 Å². The molecule has 0 aliphatic rings. The summed E-state index contributed by atoms with van der Waals surface area (Å²) in [6.07, 6.45) is 0. The lowest BCUT2D eigenvalue weighted by Gasteiger charge is -2.08. The molecule has 2 rings (SSSR count). The number of fused-ring (bicyclic) bond motifs is 1. The molecule has 14 heavy (non-hydrogen) atoms. The minimum atomic E-state index is 0.641. The van der Waals surface area contributed by atoms with Crippen LogP contribution in [0, 0.1) is 0 Å². The molecule has 0 aliphatic heterocycles. The highest BCUT2D eigenvalue weighted by molar-refractivity contribution is 7.22. The second-order valence-electron chi connectivity index (χ2n) is 3.59. The molecular weight excluding hydrogens is 194 g/mol. The van der Waals surface area contributed by atoms with Crippen LogP contribution >= 0.6 is 11.3 Å². The molecule has 3 nitrogen and oxygen atoms in total. The molecule has 1 aromatic carbocycles. The predicted octanol–water partition coefficient (Wildman–Crippen LogP) is 1.94. The van der Waals surface area contributed by atoms with Gasteiger partial charge in [-0.2, -0.15) is 0 Å². The Hall–Kier alpha value is -1.13. The zero-order valence-corrected chi connectivity index (χ0v) is 9.14. The number of nitrogens with zero attached hydrogens (tertiary/aromatic N) is 2. The molecule has 2 aromatic rings. The van der Waals surface area contributed by atoms with Crippen molar-refractivity contribution in [3.8, 4) is 0 Å². The first-order valence-electron chi connectivity index (χ1n) is 4.45. The summed E-state index contributed by atoms with van der Waals surface area (Å²) in [4.78, 5) is 6.36. The second kappa shape index (κ2) is 3.55. The topological polar surface area (TPSA) is 42.2 Å². The van der Waals surface area contributed by atoms with Crippen LogP contribution in [0.25, 0.3) is 10.2 Å². The Morgan fingerprint density at radius 3 is 2.93 bits per heavy atom. The van der Waals surface area contributed by atoms with E-state index in [0.29, 0.717) is 5.13 Å². The number of rotatable bonds is 2. The summed E-state index contributed by atoms with van der Waals surface area (Å²) in [6.45, 7) is 0.952. The number of hydrogen-bond donors (Lipinski definition) is 1. The van der Waals surface area contributed by atoms with Gasteiger partial charge in [0.25, 0.3) is 0 Å². The molecule has 0 fully saturated rings. The third-order valence-electron chi connectivity index (χ3n) is 1.97. The average molecular weight is 207 g/mol. The Kier molecular flexibility index (Phi) is 2.39. The lowest BCUT2D eigenvalue weighted by Crippen LogP contribution is -2.10. The monoisotopic (exact) mass is 207 g/mol. The van der Waals surface area contributed by atoms with Crippen LogP contribution in [0.5, 0.6) is 0 Å². The van der Waals surface area contributed by atoms with Crippen LogP contribution in [0.4, 0.5) is 5.13 Å². The van der Waals surface area contributed by atoms with Crippen molar-refractivity contribution in [2.24, 2.45) is 0 Å². The highest BCUT2D eigenvalue weighted by Gasteiger charge is 2.02. The van der Waals surface area contributed by atoms with Gasteiger partial charge in [-0.1, -0.05) is 17.4 Å². The molecule has 1 aromatic heterocycles. The van der Waals surface area contributed by atoms with Gasteiger partial charge in [0.1, 0.15) is 0 Å².